The van der Waals surface area contributed by atoms with Gasteiger partial charge in [-0.25, -0.2) is 9.78 Å². The summed E-state index contributed by atoms with van der Waals surface area (Å²) in [6.07, 6.45) is 2.44. The maximum absolute atomic E-state index is 13.5. The normalized spacial score (nSPS) is 15.0. The van der Waals surface area contributed by atoms with Crippen LogP contribution in [0.3, 0.4) is 0 Å². The van der Waals surface area contributed by atoms with Crippen molar-refractivity contribution in [3.63, 3.8) is 0 Å². The molecule has 0 spiro atoms. The molecule has 1 aliphatic heterocycles. The summed E-state index contributed by atoms with van der Waals surface area (Å²) in [5, 5.41) is 3.07. The first kappa shape index (κ1) is 25.2. The van der Waals surface area contributed by atoms with Crippen LogP contribution in [0.4, 0.5) is 11.5 Å². The maximum atomic E-state index is 13.5. The van der Waals surface area contributed by atoms with Crippen LogP contribution < -0.4 is 15.0 Å². The number of carbonyl (C=O) groups excluding carboxylic acids is 2. The molecule has 0 aliphatic carbocycles. The predicted octanol–water partition coefficient (Wildman–Crippen LogP) is 4.16. The van der Waals surface area contributed by atoms with E-state index in [2.05, 4.69) is 20.1 Å². The SMILES string of the molecule is CCOC(=O)c1ccc(N2CCCN(C(C(=O)Nc3ccc(OC)cc3)c3ccccc3)CC2)nc1. The Bertz CT molecular complexity index is 1140. The fraction of sp³-hybridized carbons (Fsp3) is 0.321. The average Bonchev–Trinajstić information content (AvgIpc) is 3.16. The van der Waals surface area contributed by atoms with E-state index >= 15 is 0 Å². The van der Waals surface area contributed by atoms with Gasteiger partial charge < -0.3 is 19.7 Å². The molecule has 1 unspecified atom stereocenters. The van der Waals surface area contributed by atoms with E-state index in [-0.39, 0.29) is 11.9 Å². The minimum absolute atomic E-state index is 0.0725. The maximum Gasteiger partial charge on any atom is 0.339 e. The van der Waals surface area contributed by atoms with E-state index < -0.39 is 6.04 Å². The zero-order valence-corrected chi connectivity index (χ0v) is 20.7. The number of hydrogen-bond acceptors (Lipinski definition) is 7. The molecule has 1 aromatic heterocycles. The van der Waals surface area contributed by atoms with E-state index in [1.807, 2.05) is 60.7 Å². The van der Waals surface area contributed by atoms with Crippen molar-refractivity contribution in [2.75, 3.05) is 50.1 Å². The molecule has 36 heavy (non-hydrogen) atoms. The predicted molar refractivity (Wildman–Crippen MR) is 139 cm³/mol. The van der Waals surface area contributed by atoms with Crippen molar-refractivity contribution in [2.45, 2.75) is 19.4 Å². The van der Waals surface area contributed by atoms with Gasteiger partial charge in [-0.1, -0.05) is 30.3 Å². The standard InChI is InChI=1S/C28H32N4O4/c1-3-36-28(34)22-10-15-25(29-20-22)31-16-7-17-32(19-18-31)26(21-8-5-4-6-9-21)27(33)30-23-11-13-24(35-2)14-12-23/h4-6,8-15,20,26H,3,7,16-19H2,1-2H3,(H,30,33). The Balaban J connectivity index is 1.48. The van der Waals surface area contributed by atoms with E-state index in [0.29, 0.717) is 25.3 Å². The number of aromatic nitrogens is 1. The van der Waals surface area contributed by atoms with Gasteiger partial charge in [-0.15, -0.1) is 0 Å². The highest BCUT2D eigenvalue weighted by molar-refractivity contribution is 5.95. The van der Waals surface area contributed by atoms with Gasteiger partial charge in [0, 0.05) is 38.1 Å². The van der Waals surface area contributed by atoms with Gasteiger partial charge in [0.2, 0.25) is 5.91 Å². The number of nitrogens with one attached hydrogen (secondary N) is 1. The smallest absolute Gasteiger partial charge is 0.339 e. The van der Waals surface area contributed by atoms with Gasteiger partial charge in [0.15, 0.2) is 0 Å². The van der Waals surface area contributed by atoms with E-state index in [4.69, 9.17) is 9.47 Å². The Hall–Kier alpha value is -3.91. The third-order valence-electron chi connectivity index (χ3n) is 6.20. The molecule has 0 saturated carbocycles. The summed E-state index contributed by atoms with van der Waals surface area (Å²) in [6.45, 7) is 5.10. The monoisotopic (exact) mass is 488 g/mol. The fourth-order valence-electron chi connectivity index (χ4n) is 4.38. The number of nitrogens with zero attached hydrogens (tertiary/aromatic N) is 3. The number of ether oxygens (including phenoxy) is 2. The van der Waals surface area contributed by atoms with Crippen LogP contribution in [0.5, 0.6) is 5.75 Å². The Morgan fingerprint density at radius 1 is 0.972 bits per heavy atom. The van der Waals surface area contributed by atoms with Crippen molar-refractivity contribution < 1.29 is 19.1 Å². The van der Waals surface area contributed by atoms with E-state index in [1.54, 1.807) is 26.3 Å². The quantitative estimate of drug-likeness (QED) is 0.477. The fourth-order valence-corrected chi connectivity index (χ4v) is 4.38. The molecule has 1 fully saturated rings. The van der Waals surface area contributed by atoms with E-state index in [9.17, 15) is 9.59 Å². The average molecular weight is 489 g/mol. The minimum Gasteiger partial charge on any atom is -0.497 e. The molecule has 8 heteroatoms. The number of benzene rings is 2. The second-order valence-electron chi connectivity index (χ2n) is 8.53. The minimum atomic E-state index is -0.424. The van der Waals surface area contributed by atoms with Crippen LogP contribution in [0.2, 0.25) is 0 Å². The lowest BCUT2D eigenvalue weighted by atomic mass is 10.0. The molecular weight excluding hydrogens is 456 g/mol. The first-order valence-electron chi connectivity index (χ1n) is 12.2. The highest BCUT2D eigenvalue weighted by atomic mass is 16.5. The first-order valence-corrected chi connectivity index (χ1v) is 12.2. The van der Waals surface area contributed by atoms with Gasteiger partial charge in [-0.3, -0.25) is 9.69 Å². The van der Waals surface area contributed by atoms with Crippen molar-refractivity contribution in [1.82, 2.24) is 9.88 Å². The zero-order chi connectivity index (χ0) is 25.3. The Morgan fingerprint density at radius 3 is 2.42 bits per heavy atom. The molecule has 188 valence electrons. The van der Waals surface area contributed by atoms with Gasteiger partial charge in [0.05, 0.1) is 19.3 Å². The van der Waals surface area contributed by atoms with Gasteiger partial charge in [0.25, 0.3) is 0 Å². The second-order valence-corrected chi connectivity index (χ2v) is 8.53. The lowest BCUT2D eigenvalue weighted by Crippen LogP contribution is -2.39. The van der Waals surface area contributed by atoms with Gasteiger partial charge in [-0.05, 0) is 55.3 Å². The highest BCUT2D eigenvalue weighted by Gasteiger charge is 2.29. The van der Waals surface area contributed by atoms with Gasteiger partial charge in [-0.2, -0.15) is 0 Å². The Kier molecular flexibility index (Phi) is 8.52. The molecule has 1 amide bonds. The summed E-state index contributed by atoms with van der Waals surface area (Å²) in [7, 11) is 1.62. The molecule has 3 aromatic rings. The molecule has 1 N–H and O–H groups in total. The number of amides is 1. The molecule has 0 bridgehead atoms. The summed E-state index contributed by atoms with van der Waals surface area (Å²) in [5.74, 6) is 1.11. The third kappa shape index (κ3) is 6.20. The molecule has 2 aromatic carbocycles. The number of hydrogen-bond donors (Lipinski definition) is 1. The van der Waals surface area contributed by atoms with E-state index in [0.717, 1.165) is 42.3 Å². The summed E-state index contributed by atoms with van der Waals surface area (Å²) in [6, 6.07) is 20.4. The van der Waals surface area contributed by atoms with Crippen molar-refractivity contribution in [3.05, 3.63) is 84.1 Å². The van der Waals surface area contributed by atoms with Crippen LogP contribution in [-0.2, 0) is 9.53 Å². The van der Waals surface area contributed by atoms with E-state index in [1.165, 1.54) is 0 Å². The number of esters is 1. The van der Waals surface area contributed by atoms with Gasteiger partial charge >= 0.3 is 5.97 Å². The zero-order valence-electron chi connectivity index (χ0n) is 20.7. The molecule has 1 atom stereocenters. The van der Waals surface area contributed by atoms with Crippen LogP contribution in [0.25, 0.3) is 0 Å². The van der Waals surface area contributed by atoms with Crippen LogP contribution in [0.15, 0.2) is 72.9 Å². The number of rotatable bonds is 8. The summed E-state index contributed by atoms with van der Waals surface area (Å²) < 4.78 is 10.3. The molecule has 2 heterocycles. The molecule has 8 nitrogen and oxygen atoms in total. The number of pyridine rings is 1. The summed E-state index contributed by atoms with van der Waals surface area (Å²) in [5.41, 5.74) is 2.12. The van der Waals surface area contributed by atoms with Crippen molar-refractivity contribution in [2.24, 2.45) is 0 Å². The molecule has 0 radical (unpaired) electrons. The molecule has 1 aliphatic rings. The first-order chi connectivity index (χ1) is 17.6. The number of anilines is 2. The van der Waals surface area contributed by atoms with Crippen molar-refractivity contribution in [1.29, 1.82) is 0 Å². The largest absolute Gasteiger partial charge is 0.497 e. The lowest BCUT2D eigenvalue weighted by Gasteiger charge is -2.30. The van der Waals surface area contributed by atoms with Gasteiger partial charge in [0.1, 0.15) is 17.6 Å². The highest BCUT2D eigenvalue weighted by Crippen LogP contribution is 2.26. The van der Waals surface area contributed by atoms with Crippen molar-refractivity contribution in [3.8, 4) is 5.75 Å². The third-order valence-corrected chi connectivity index (χ3v) is 6.20. The van der Waals surface area contributed by atoms with Crippen LogP contribution >= 0.6 is 0 Å². The number of carbonyl (C=O) groups is 2. The Morgan fingerprint density at radius 2 is 1.75 bits per heavy atom. The summed E-state index contributed by atoms with van der Waals surface area (Å²) >= 11 is 0. The second kappa shape index (κ2) is 12.2. The van der Waals surface area contributed by atoms with Crippen LogP contribution in [-0.4, -0.2) is 61.7 Å². The summed E-state index contributed by atoms with van der Waals surface area (Å²) in [4.78, 5) is 34.4. The lowest BCUT2D eigenvalue weighted by molar-refractivity contribution is -0.121. The molecular formula is C28H32N4O4. The Labute approximate surface area is 211 Å². The molecule has 1 saturated heterocycles. The number of methoxy groups -OCH3 is 1. The van der Waals surface area contributed by atoms with Crippen molar-refractivity contribution >= 4 is 23.4 Å². The molecule has 4 rings (SSSR count). The van der Waals surface area contributed by atoms with Crippen LogP contribution in [0.1, 0.15) is 35.3 Å². The topological polar surface area (TPSA) is 84.0 Å². The van der Waals surface area contributed by atoms with Crippen LogP contribution in [0, 0.1) is 0 Å².